The lowest BCUT2D eigenvalue weighted by Crippen LogP contribution is -2.41. The number of sulfonamides is 1. The molecule has 4 nitrogen and oxygen atoms in total. The molecule has 0 radical (unpaired) electrons. The molecule has 0 aromatic heterocycles. The Kier molecular flexibility index (Phi) is 5.57. The maximum absolute atomic E-state index is 12.4. The van der Waals surface area contributed by atoms with E-state index in [1.807, 2.05) is 27.7 Å². The van der Waals surface area contributed by atoms with Crippen molar-refractivity contribution in [2.75, 3.05) is 6.61 Å². The lowest BCUT2D eigenvalue weighted by molar-refractivity contribution is 0.317. The monoisotopic (exact) mass is 309 g/mol. The van der Waals surface area contributed by atoms with Crippen LogP contribution in [0.3, 0.4) is 0 Å². The molecule has 21 heavy (non-hydrogen) atoms. The van der Waals surface area contributed by atoms with Crippen LogP contribution in [-0.4, -0.2) is 26.2 Å². The summed E-state index contributed by atoms with van der Waals surface area (Å²) in [6.45, 7) is 9.39. The number of aliphatic hydroxyl groups is 1. The van der Waals surface area contributed by atoms with E-state index < -0.39 is 10.0 Å². The van der Waals surface area contributed by atoms with Crippen LogP contribution >= 0.6 is 0 Å². The van der Waals surface area contributed by atoms with E-state index in [0.29, 0.717) is 5.56 Å². The summed E-state index contributed by atoms with van der Waals surface area (Å²) in [5.74, 6) is 5.35. The molecule has 1 aromatic rings. The van der Waals surface area contributed by atoms with Crippen LogP contribution in [0.25, 0.3) is 0 Å². The first kappa shape index (κ1) is 17.7. The number of aryl methyl sites for hydroxylation is 1. The second kappa shape index (κ2) is 6.61. The SMILES string of the molecule is Cc1cc(S(=O)(=O)NC(C)C(C)(C)C)ccc1C#CCO. The van der Waals surface area contributed by atoms with Crippen LogP contribution < -0.4 is 4.72 Å². The average Bonchev–Trinajstić information content (AvgIpc) is 2.35. The Morgan fingerprint density at radius 3 is 2.43 bits per heavy atom. The number of rotatable bonds is 3. The second-order valence-corrected chi connectivity index (χ2v) is 7.86. The van der Waals surface area contributed by atoms with Crippen molar-refractivity contribution >= 4 is 10.0 Å². The second-order valence-electron chi connectivity index (χ2n) is 6.15. The fraction of sp³-hybridized carbons (Fsp3) is 0.500. The zero-order valence-electron chi connectivity index (χ0n) is 13.2. The molecule has 2 N–H and O–H groups in total. The Morgan fingerprint density at radius 1 is 1.33 bits per heavy atom. The summed E-state index contributed by atoms with van der Waals surface area (Å²) in [6, 6.07) is 4.61. The molecule has 1 unspecified atom stereocenters. The lowest BCUT2D eigenvalue weighted by atomic mass is 9.89. The van der Waals surface area contributed by atoms with Crippen molar-refractivity contribution in [3.05, 3.63) is 29.3 Å². The molecule has 0 aliphatic rings. The predicted molar refractivity (Wildman–Crippen MR) is 84.4 cm³/mol. The molecule has 5 heteroatoms. The Hall–Kier alpha value is -1.35. The molecule has 0 heterocycles. The summed E-state index contributed by atoms with van der Waals surface area (Å²) in [4.78, 5) is 0.227. The largest absolute Gasteiger partial charge is 0.384 e. The van der Waals surface area contributed by atoms with Crippen LogP contribution in [0.2, 0.25) is 0 Å². The molecule has 0 saturated carbocycles. The van der Waals surface area contributed by atoms with Crippen molar-refractivity contribution < 1.29 is 13.5 Å². The van der Waals surface area contributed by atoms with E-state index in [9.17, 15) is 8.42 Å². The van der Waals surface area contributed by atoms with E-state index >= 15 is 0 Å². The molecule has 1 rings (SSSR count). The van der Waals surface area contributed by atoms with Crippen LogP contribution in [0.15, 0.2) is 23.1 Å². The highest BCUT2D eigenvalue weighted by Gasteiger charge is 2.26. The van der Waals surface area contributed by atoms with Gasteiger partial charge in [0.25, 0.3) is 0 Å². The Bertz CT molecular complexity index is 661. The van der Waals surface area contributed by atoms with Gasteiger partial charge in [-0.15, -0.1) is 0 Å². The molecule has 0 amide bonds. The molecule has 116 valence electrons. The predicted octanol–water partition coefficient (Wildman–Crippen LogP) is 2.05. The third-order valence-corrected chi connectivity index (χ3v) is 4.98. The number of hydrogen-bond acceptors (Lipinski definition) is 3. The van der Waals surface area contributed by atoms with Crippen LogP contribution in [0.1, 0.15) is 38.8 Å². The molecule has 1 atom stereocenters. The van der Waals surface area contributed by atoms with E-state index in [1.165, 1.54) is 6.07 Å². The molecule has 0 aliphatic heterocycles. The first-order valence-electron chi connectivity index (χ1n) is 6.80. The van der Waals surface area contributed by atoms with E-state index in [0.717, 1.165) is 5.56 Å². The summed E-state index contributed by atoms with van der Waals surface area (Å²) < 4.78 is 27.5. The highest BCUT2D eigenvalue weighted by atomic mass is 32.2. The molecule has 0 fully saturated rings. The summed E-state index contributed by atoms with van der Waals surface area (Å²) in [5.41, 5.74) is 1.32. The normalized spacial score (nSPS) is 13.4. The highest BCUT2D eigenvalue weighted by Crippen LogP contribution is 2.22. The summed E-state index contributed by atoms with van der Waals surface area (Å²) in [6.07, 6.45) is 0. The van der Waals surface area contributed by atoms with Crippen molar-refractivity contribution in [2.45, 2.75) is 45.6 Å². The van der Waals surface area contributed by atoms with Crippen LogP contribution in [0, 0.1) is 24.2 Å². The summed E-state index contributed by atoms with van der Waals surface area (Å²) >= 11 is 0. The van der Waals surface area contributed by atoms with Gasteiger partial charge >= 0.3 is 0 Å². The fourth-order valence-corrected chi connectivity index (χ4v) is 3.09. The lowest BCUT2D eigenvalue weighted by Gasteiger charge is -2.27. The third-order valence-electron chi connectivity index (χ3n) is 3.44. The molecule has 0 spiro atoms. The van der Waals surface area contributed by atoms with E-state index in [1.54, 1.807) is 19.1 Å². The van der Waals surface area contributed by atoms with Gasteiger partial charge < -0.3 is 5.11 Å². The molecule has 1 aromatic carbocycles. The van der Waals surface area contributed by atoms with Crippen molar-refractivity contribution in [1.29, 1.82) is 0 Å². The Labute approximate surface area is 127 Å². The first-order valence-corrected chi connectivity index (χ1v) is 8.29. The van der Waals surface area contributed by atoms with Gasteiger partial charge in [-0.3, -0.25) is 0 Å². The highest BCUT2D eigenvalue weighted by molar-refractivity contribution is 7.89. The number of hydrogen-bond donors (Lipinski definition) is 2. The summed E-state index contributed by atoms with van der Waals surface area (Å²) in [5, 5.41) is 8.70. The van der Waals surface area contributed by atoms with Gasteiger partial charge in [0.2, 0.25) is 10.0 Å². The van der Waals surface area contributed by atoms with Crippen molar-refractivity contribution in [3.8, 4) is 11.8 Å². The van der Waals surface area contributed by atoms with Crippen molar-refractivity contribution in [3.63, 3.8) is 0 Å². The topological polar surface area (TPSA) is 66.4 Å². The Balaban J connectivity index is 3.08. The van der Waals surface area contributed by atoms with Gasteiger partial charge in [-0.2, -0.15) is 0 Å². The minimum Gasteiger partial charge on any atom is -0.384 e. The Morgan fingerprint density at radius 2 is 1.95 bits per heavy atom. The maximum Gasteiger partial charge on any atom is 0.240 e. The van der Waals surface area contributed by atoms with Gasteiger partial charge in [-0.25, -0.2) is 13.1 Å². The van der Waals surface area contributed by atoms with Crippen LogP contribution in [0.4, 0.5) is 0 Å². The minimum atomic E-state index is -3.55. The molecule has 0 saturated heterocycles. The van der Waals surface area contributed by atoms with Crippen molar-refractivity contribution in [1.82, 2.24) is 4.72 Å². The maximum atomic E-state index is 12.4. The van der Waals surface area contributed by atoms with Gasteiger partial charge in [0.05, 0.1) is 4.90 Å². The molecular formula is C16H23NO3S. The quantitative estimate of drug-likeness (QED) is 0.840. The number of nitrogens with one attached hydrogen (secondary N) is 1. The van der Waals surface area contributed by atoms with Gasteiger partial charge in [-0.05, 0) is 43.0 Å². The average molecular weight is 309 g/mol. The third kappa shape index (κ3) is 4.85. The molecule has 0 aliphatic carbocycles. The fourth-order valence-electron chi connectivity index (χ4n) is 1.56. The van der Waals surface area contributed by atoms with E-state index in [-0.39, 0.29) is 23.0 Å². The van der Waals surface area contributed by atoms with E-state index in [2.05, 4.69) is 16.6 Å². The smallest absolute Gasteiger partial charge is 0.240 e. The number of benzene rings is 1. The number of aliphatic hydroxyl groups excluding tert-OH is 1. The van der Waals surface area contributed by atoms with Crippen LogP contribution in [0.5, 0.6) is 0 Å². The van der Waals surface area contributed by atoms with Gasteiger partial charge in [0.15, 0.2) is 0 Å². The molecular weight excluding hydrogens is 286 g/mol. The molecule has 0 bridgehead atoms. The summed E-state index contributed by atoms with van der Waals surface area (Å²) in [7, 11) is -3.55. The van der Waals surface area contributed by atoms with Crippen molar-refractivity contribution in [2.24, 2.45) is 5.41 Å². The van der Waals surface area contributed by atoms with Gasteiger partial charge in [-0.1, -0.05) is 32.6 Å². The van der Waals surface area contributed by atoms with E-state index in [4.69, 9.17) is 5.11 Å². The zero-order valence-corrected chi connectivity index (χ0v) is 14.0. The zero-order chi connectivity index (χ0) is 16.3. The van der Waals surface area contributed by atoms with Crippen LogP contribution in [-0.2, 0) is 10.0 Å². The minimum absolute atomic E-state index is 0.158. The van der Waals surface area contributed by atoms with Gasteiger partial charge in [0, 0.05) is 11.6 Å². The van der Waals surface area contributed by atoms with Gasteiger partial charge in [0.1, 0.15) is 6.61 Å². The standard InChI is InChI=1S/C16H23NO3S/c1-12-11-15(9-8-14(12)7-6-10-18)21(19,20)17-13(2)16(3,4)5/h8-9,11,13,17-18H,10H2,1-5H3. The first-order chi connectivity index (χ1) is 9.58.